The molecule has 6 fully saturated rings. The lowest BCUT2D eigenvalue weighted by Gasteiger charge is -2.70. The number of hydrogen-bond donors (Lipinski definition) is 3. The van der Waals surface area contributed by atoms with Crippen molar-refractivity contribution in [2.45, 2.75) is 80.2 Å². The fourth-order valence-electron chi connectivity index (χ4n) is 11.3. The van der Waals surface area contributed by atoms with Crippen LogP contribution in [-0.4, -0.2) is 96.7 Å². The Kier molecular flexibility index (Phi) is 5.63. The number of anilines is 1. The molecule has 6 aliphatic rings. The molecule has 1 aromatic rings. The Morgan fingerprint density at radius 2 is 1.87 bits per heavy atom. The number of fused-ring (bicyclic) bond motifs is 2. The van der Waals surface area contributed by atoms with Crippen LogP contribution in [0.1, 0.15) is 49.4 Å². The second-order valence-electron chi connectivity index (χ2n) is 13.0. The lowest BCUT2D eigenvalue weighted by molar-refractivity contribution is -0.337. The van der Waals surface area contributed by atoms with E-state index in [1.54, 1.807) is 39.5 Å². The predicted molar refractivity (Wildman–Crippen MR) is 142 cm³/mol. The number of likely N-dealkylation sites (N-methyl/N-ethyl adjacent to an activating group) is 1. The van der Waals surface area contributed by atoms with Gasteiger partial charge in [0.05, 0.1) is 23.9 Å². The van der Waals surface area contributed by atoms with Crippen LogP contribution < -0.4 is 5.73 Å². The molecular weight excluding hydrogens is 500 g/mol. The van der Waals surface area contributed by atoms with Crippen LogP contribution in [0.25, 0.3) is 0 Å². The van der Waals surface area contributed by atoms with Gasteiger partial charge in [-0.2, -0.15) is 0 Å². The normalized spacial score (nSPS) is 51.1. The number of ether oxygens (including phenoxy) is 4. The summed E-state index contributed by atoms with van der Waals surface area (Å²) in [4.78, 5) is 16.1. The first-order chi connectivity index (χ1) is 18.7. The number of para-hydroxylation sites is 1. The number of likely N-dealkylation sites (tertiary alicyclic amines) is 1. The molecule has 0 amide bonds. The van der Waals surface area contributed by atoms with Gasteiger partial charge in [0, 0.05) is 75.1 Å². The third-order valence-electron chi connectivity index (χ3n) is 12.4. The first kappa shape index (κ1) is 26.2. The van der Waals surface area contributed by atoms with Gasteiger partial charge in [-0.1, -0.05) is 19.1 Å². The number of hydrogen-bond acceptors (Lipinski definition) is 9. The molecule has 5 aliphatic carbocycles. The van der Waals surface area contributed by atoms with E-state index in [-0.39, 0.29) is 41.9 Å². The number of piperidine rings is 1. The standard InChI is InChI=1S/C30H42N2O7/c1-5-32-15-27(39-26(33)16-8-6-7-9-19(16)31)11-10-23(37-3)29-21(27)13-18(24(29)32)28(34)14-20(36-2)17-12-22(29)30(28,35)25(17)38-4/h6-9,17-18,20-25,34-35H,5,10-15,31H2,1-4H3/t17-,18?,20+,21-,22+,23?,24?,25+,27-,28+,29?,30+/m1/s1. The van der Waals surface area contributed by atoms with E-state index in [1.807, 2.05) is 6.07 Å². The number of nitrogens with zero attached hydrogens (tertiary/aromatic N) is 1. The topological polar surface area (TPSA) is 124 Å². The van der Waals surface area contributed by atoms with E-state index in [0.29, 0.717) is 49.9 Å². The van der Waals surface area contributed by atoms with Crippen molar-refractivity contribution in [1.82, 2.24) is 4.90 Å². The summed E-state index contributed by atoms with van der Waals surface area (Å²) in [5.74, 6) is -1.06. The van der Waals surface area contributed by atoms with Crippen LogP contribution in [0, 0.1) is 29.1 Å². The number of carbonyl (C=O) groups excluding carboxylic acids is 1. The SMILES string of the molecule is CCN1C[C@]2(OC(=O)c3ccccc3N)CCC(OC)C34C1C(C[C@@H]32)[C@@]1(O)C[C@H](OC)[C@H]2C[C@@H]4[C@]1(O)[C@H]2OC. The van der Waals surface area contributed by atoms with Crippen molar-refractivity contribution in [1.29, 1.82) is 0 Å². The summed E-state index contributed by atoms with van der Waals surface area (Å²) in [6, 6.07) is 7.04. The van der Waals surface area contributed by atoms with Crippen LogP contribution in [0.3, 0.4) is 0 Å². The molecule has 1 spiro atoms. The second kappa shape index (κ2) is 8.39. The third-order valence-corrected chi connectivity index (χ3v) is 12.4. The minimum atomic E-state index is -1.44. The Bertz CT molecular complexity index is 1180. The highest BCUT2D eigenvalue weighted by Crippen LogP contribution is 2.79. The lowest BCUT2D eigenvalue weighted by Crippen LogP contribution is -2.83. The average Bonchev–Trinajstić information content (AvgIpc) is 3.35. The van der Waals surface area contributed by atoms with Crippen LogP contribution in [0.4, 0.5) is 5.69 Å². The highest BCUT2D eigenvalue weighted by atomic mass is 16.6. The number of aliphatic hydroxyl groups is 2. The second-order valence-corrected chi connectivity index (χ2v) is 13.0. The van der Waals surface area contributed by atoms with Gasteiger partial charge in [0.25, 0.3) is 0 Å². The van der Waals surface area contributed by atoms with Gasteiger partial charge in [0.2, 0.25) is 0 Å². The number of rotatable bonds is 6. The highest BCUT2D eigenvalue weighted by molar-refractivity contribution is 5.95. The summed E-state index contributed by atoms with van der Waals surface area (Å²) in [5, 5.41) is 25.6. The fourth-order valence-corrected chi connectivity index (χ4v) is 11.3. The zero-order chi connectivity index (χ0) is 27.5. The number of benzene rings is 1. The van der Waals surface area contributed by atoms with E-state index < -0.39 is 34.3 Å². The van der Waals surface area contributed by atoms with Gasteiger partial charge >= 0.3 is 5.97 Å². The van der Waals surface area contributed by atoms with Crippen molar-refractivity contribution in [2.75, 3.05) is 40.2 Å². The maximum Gasteiger partial charge on any atom is 0.340 e. The van der Waals surface area contributed by atoms with Crippen LogP contribution in [0.5, 0.6) is 0 Å². The molecule has 5 saturated carbocycles. The molecule has 1 heterocycles. The third kappa shape index (κ3) is 2.80. The van der Waals surface area contributed by atoms with Crippen molar-refractivity contribution in [3.63, 3.8) is 0 Å². The Balaban J connectivity index is 1.42. The first-order valence-electron chi connectivity index (χ1n) is 14.5. The number of nitrogen functional groups attached to an aromatic ring is 1. The summed E-state index contributed by atoms with van der Waals surface area (Å²) < 4.78 is 24.9. The Morgan fingerprint density at radius 3 is 2.54 bits per heavy atom. The van der Waals surface area contributed by atoms with E-state index >= 15 is 0 Å². The molecule has 214 valence electrons. The number of methoxy groups -OCH3 is 3. The van der Waals surface area contributed by atoms with Crippen LogP contribution in [0.2, 0.25) is 0 Å². The lowest BCUT2D eigenvalue weighted by atomic mass is 9.44. The minimum Gasteiger partial charge on any atom is -0.454 e. The van der Waals surface area contributed by atoms with E-state index in [1.165, 1.54) is 0 Å². The minimum absolute atomic E-state index is 0.00601. The molecule has 39 heavy (non-hydrogen) atoms. The van der Waals surface area contributed by atoms with E-state index in [9.17, 15) is 15.0 Å². The zero-order valence-corrected chi connectivity index (χ0v) is 23.3. The molecule has 4 unspecified atom stereocenters. The van der Waals surface area contributed by atoms with E-state index in [0.717, 1.165) is 6.54 Å². The number of carbonyl (C=O) groups is 1. The van der Waals surface area contributed by atoms with Gasteiger partial charge in [0.15, 0.2) is 0 Å². The average molecular weight is 543 g/mol. The van der Waals surface area contributed by atoms with E-state index in [4.69, 9.17) is 24.7 Å². The molecule has 1 aliphatic heterocycles. The van der Waals surface area contributed by atoms with Crippen molar-refractivity contribution in [3.05, 3.63) is 29.8 Å². The molecule has 0 radical (unpaired) electrons. The van der Waals surface area contributed by atoms with Crippen molar-refractivity contribution < 1.29 is 34.0 Å². The van der Waals surface area contributed by atoms with Crippen molar-refractivity contribution in [3.8, 4) is 0 Å². The summed E-state index contributed by atoms with van der Waals surface area (Å²) in [7, 11) is 5.09. The zero-order valence-electron chi connectivity index (χ0n) is 23.3. The highest BCUT2D eigenvalue weighted by Gasteiger charge is 2.89. The number of nitrogens with two attached hydrogens (primary N) is 1. The molecule has 7 bridgehead atoms. The Labute approximate surface area is 229 Å². The molecule has 1 aromatic carbocycles. The van der Waals surface area contributed by atoms with Gasteiger partial charge < -0.3 is 34.9 Å². The molecule has 9 nitrogen and oxygen atoms in total. The van der Waals surface area contributed by atoms with Crippen molar-refractivity contribution >= 4 is 11.7 Å². The predicted octanol–water partition coefficient (Wildman–Crippen LogP) is 1.85. The maximum atomic E-state index is 13.7. The Hall–Kier alpha value is -1.75. The molecule has 1 saturated heterocycles. The van der Waals surface area contributed by atoms with Gasteiger partial charge in [-0.3, -0.25) is 4.90 Å². The molecular formula is C30H42N2O7. The smallest absolute Gasteiger partial charge is 0.340 e. The largest absolute Gasteiger partial charge is 0.454 e. The molecule has 12 atom stereocenters. The quantitative estimate of drug-likeness (QED) is 0.365. The summed E-state index contributed by atoms with van der Waals surface area (Å²) in [6.45, 7) is 3.47. The van der Waals surface area contributed by atoms with Gasteiger partial charge in [-0.15, -0.1) is 0 Å². The monoisotopic (exact) mass is 542 g/mol. The summed E-state index contributed by atoms with van der Waals surface area (Å²) in [6.07, 6.45) is 2.17. The molecule has 4 N–H and O–H groups in total. The molecule has 7 rings (SSSR count). The van der Waals surface area contributed by atoms with Crippen LogP contribution in [-0.2, 0) is 18.9 Å². The maximum absolute atomic E-state index is 13.7. The summed E-state index contributed by atoms with van der Waals surface area (Å²) in [5.41, 5.74) is 2.84. The van der Waals surface area contributed by atoms with E-state index in [2.05, 4.69) is 11.8 Å². The fraction of sp³-hybridized carbons (Fsp3) is 0.767. The number of esters is 1. The van der Waals surface area contributed by atoms with Gasteiger partial charge in [-0.05, 0) is 44.4 Å². The summed E-state index contributed by atoms with van der Waals surface area (Å²) >= 11 is 0. The van der Waals surface area contributed by atoms with Crippen LogP contribution >= 0.6 is 0 Å². The van der Waals surface area contributed by atoms with Gasteiger partial charge in [-0.25, -0.2) is 4.79 Å². The van der Waals surface area contributed by atoms with Crippen molar-refractivity contribution in [2.24, 2.45) is 29.1 Å². The van der Waals surface area contributed by atoms with Crippen LogP contribution in [0.15, 0.2) is 24.3 Å². The first-order valence-corrected chi connectivity index (χ1v) is 14.5. The Morgan fingerprint density at radius 1 is 1.10 bits per heavy atom. The van der Waals surface area contributed by atoms with Gasteiger partial charge in [0.1, 0.15) is 16.8 Å². The molecule has 9 heteroatoms. The molecule has 0 aromatic heterocycles.